The molecular formula is C24H50N2O4Sn. The Morgan fingerprint density at radius 3 is 1.45 bits per heavy atom. The van der Waals surface area contributed by atoms with E-state index in [0.29, 0.717) is 13.2 Å². The quantitative estimate of drug-likeness (QED) is 0.287. The van der Waals surface area contributed by atoms with Crippen molar-refractivity contribution in [3.8, 4) is 0 Å². The Bertz CT molecular complexity index is 460. The van der Waals surface area contributed by atoms with Crippen molar-refractivity contribution in [3.63, 3.8) is 0 Å². The summed E-state index contributed by atoms with van der Waals surface area (Å²) in [5.74, 6) is 0. The van der Waals surface area contributed by atoms with Gasteiger partial charge in [-0.05, 0) is 0 Å². The van der Waals surface area contributed by atoms with Crippen molar-refractivity contribution in [1.82, 2.24) is 9.80 Å². The van der Waals surface area contributed by atoms with Gasteiger partial charge in [0.2, 0.25) is 0 Å². The first-order chi connectivity index (χ1) is 14.7. The van der Waals surface area contributed by atoms with E-state index in [-0.39, 0.29) is 11.2 Å². The maximum atomic E-state index is 6.67. The maximum absolute atomic E-state index is 6.67. The van der Waals surface area contributed by atoms with E-state index in [1.165, 1.54) is 51.4 Å². The van der Waals surface area contributed by atoms with Gasteiger partial charge < -0.3 is 0 Å². The van der Waals surface area contributed by atoms with Crippen LogP contribution in [0.4, 0.5) is 0 Å². The number of nitrogens with zero attached hydrogens (tertiary/aromatic N) is 2. The Hall–Kier alpha value is 0.559. The van der Waals surface area contributed by atoms with Crippen LogP contribution in [-0.4, -0.2) is 93.5 Å². The summed E-state index contributed by atoms with van der Waals surface area (Å²) in [7, 11) is 0. The number of hydrogen-bond acceptors (Lipinski definition) is 6. The van der Waals surface area contributed by atoms with E-state index in [0.717, 1.165) is 39.3 Å². The van der Waals surface area contributed by atoms with Gasteiger partial charge in [0, 0.05) is 0 Å². The summed E-state index contributed by atoms with van der Waals surface area (Å²) in [5.41, 5.74) is -0.674. The van der Waals surface area contributed by atoms with Crippen LogP contribution < -0.4 is 0 Å². The third-order valence-corrected chi connectivity index (χ3v) is 13.8. The van der Waals surface area contributed by atoms with Gasteiger partial charge in [0.05, 0.1) is 0 Å². The summed E-state index contributed by atoms with van der Waals surface area (Å²) in [6.45, 7) is 20.3. The monoisotopic (exact) mass is 550 g/mol. The second kappa shape index (κ2) is 13.4. The van der Waals surface area contributed by atoms with E-state index >= 15 is 0 Å². The zero-order chi connectivity index (χ0) is 22.8. The standard InChI is InChI=1S/2C12H25NO2.Sn/c2*1-4-5-6-7-8-13(9-10-14)11-12(2,3)15;/h2*4-11H2,1-3H3;/q2*-2;+4. The van der Waals surface area contributed by atoms with Crippen molar-refractivity contribution in [3.05, 3.63) is 0 Å². The zero-order valence-corrected chi connectivity index (χ0v) is 24.2. The van der Waals surface area contributed by atoms with Gasteiger partial charge in [0.1, 0.15) is 0 Å². The van der Waals surface area contributed by atoms with Crippen LogP contribution in [0.25, 0.3) is 0 Å². The molecular weight excluding hydrogens is 499 g/mol. The molecule has 0 aliphatic carbocycles. The number of rotatable bonds is 10. The second-order valence-electron chi connectivity index (χ2n) is 10.6. The van der Waals surface area contributed by atoms with E-state index < -0.39 is 20.0 Å². The van der Waals surface area contributed by atoms with Gasteiger partial charge in [-0.25, -0.2) is 0 Å². The predicted octanol–water partition coefficient (Wildman–Crippen LogP) is 4.84. The Morgan fingerprint density at radius 2 is 1.06 bits per heavy atom. The van der Waals surface area contributed by atoms with Crippen LogP contribution in [0.2, 0.25) is 0 Å². The molecule has 2 heterocycles. The molecule has 2 fully saturated rings. The number of hydrogen-bond donors (Lipinski definition) is 0. The molecule has 7 heteroatoms. The van der Waals surface area contributed by atoms with Crippen LogP contribution in [0.3, 0.4) is 0 Å². The third kappa shape index (κ3) is 10.6. The molecule has 1 spiro atoms. The first-order valence-electron chi connectivity index (χ1n) is 12.8. The van der Waals surface area contributed by atoms with Gasteiger partial charge in [-0.15, -0.1) is 0 Å². The topological polar surface area (TPSA) is 43.4 Å². The van der Waals surface area contributed by atoms with Gasteiger partial charge in [-0.2, -0.15) is 0 Å². The van der Waals surface area contributed by atoms with Gasteiger partial charge in [-0.1, -0.05) is 0 Å². The molecule has 0 bridgehead atoms. The van der Waals surface area contributed by atoms with Crippen molar-refractivity contribution in [1.29, 1.82) is 0 Å². The average molecular weight is 549 g/mol. The van der Waals surface area contributed by atoms with Crippen molar-refractivity contribution >= 4 is 20.0 Å². The summed E-state index contributed by atoms with van der Waals surface area (Å²) in [6, 6.07) is 0. The summed E-state index contributed by atoms with van der Waals surface area (Å²) in [5, 5.41) is 0. The molecule has 0 atom stereocenters. The van der Waals surface area contributed by atoms with E-state index in [1.807, 2.05) is 0 Å². The molecule has 2 aliphatic rings. The van der Waals surface area contributed by atoms with E-state index in [1.54, 1.807) is 0 Å². The Labute approximate surface area is 198 Å². The summed E-state index contributed by atoms with van der Waals surface area (Å²) in [4.78, 5) is 4.97. The van der Waals surface area contributed by atoms with Crippen molar-refractivity contribution in [2.45, 2.75) is 104 Å². The molecule has 0 N–H and O–H groups in total. The zero-order valence-electron chi connectivity index (χ0n) is 21.3. The molecule has 0 unspecified atom stereocenters. The molecule has 2 rings (SSSR count). The van der Waals surface area contributed by atoms with E-state index in [4.69, 9.17) is 12.3 Å². The first kappa shape index (κ1) is 27.8. The molecule has 0 aromatic rings. The Kier molecular flexibility index (Phi) is 12.1. The van der Waals surface area contributed by atoms with Gasteiger partial charge in [-0.3, -0.25) is 0 Å². The molecule has 2 aliphatic heterocycles. The fourth-order valence-corrected chi connectivity index (χ4v) is 11.9. The molecule has 31 heavy (non-hydrogen) atoms. The first-order valence-corrected chi connectivity index (χ1v) is 17.5. The Balaban J connectivity index is 1.95. The molecule has 0 radical (unpaired) electrons. The minimum atomic E-state index is -4.12. The fraction of sp³-hybridized carbons (Fsp3) is 1.00. The van der Waals surface area contributed by atoms with Crippen LogP contribution in [0.5, 0.6) is 0 Å². The molecule has 0 aromatic heterocycles. The van der Waals surface area contributed by atoms with Crippen molar-refractivity contribution < 1.29 is 12.3 Å². The minimum absolute atomic E-state index is 0.337. The third-order valence-electron chi connectivity index (χ3n) is 6.04. The SMILES string of the molecule is CCCCCCN1CC[O][Sn]2([O]CCN(CCCCCC)CC(C)(C)[O]2)[O]C(C)(C)C1. The molecule has 2 saturated heterocycles. The van der Waals surface area contributed by atoms with Crippen LogP contribution >= 0.6 is 0 Å². The molecule has 0 aromatic carbocycles. The average Bonchev–Trinajstić information content (AvgIpc) is 2.64. The van der Waals surface area contributed by atoms with Crippen LogP contribution in [-0.2, 0) is 12.3 Å². The molecule has 6 nitrogen and oxygen atoms in total. The van der Waals surface area contributed by atoms with Gasteiger partial charge >= 0.3 is 199 Å². The van der Waals surface area contributed by atoms with Gasteiger partial charge in [0.25, 0.3) is 0 Å². The van der Waals surface area contributed by atoms with E-state index in [9.17, 15) is 0 Å². The summed E-state index contributed by atoms with van der Waals surface area (Å²) in [6.07, 6.45) is 10.3. The molecule has 184 valence electrons. The summed E-state index contributed by atoms with van der Waals surface area (Å²) >= 11 is -4.12. The van der Waals surface area contributed by atoms with Crippen LogP contribution in [0, 0.1) is 0 Å². The van der Waals surface area contributed by atoms with E-state index in [2.05, 4.69) is 51.3 Å². The van der Waals surface area contributed by atoms with Crippen molar-refractivity contribution in [2.24, 2.45) is 0 Å². The Morgan fingerprint density at radius 1 is 0.645 bits per heavy atom. The molecule has 0 amide bonds. The second-order valence-corrected chi connectivity index (χ2v) is 16.3. The normalized spacial score (nSPS) is 25.0. The van der Waals surface area contributed by atoms with Crippen LogP contribution in [0.1, 0.15) is 92.9 Å². The van der Waals surface area contributed by atoms with Crippen LogP contribution in [0.15, 0.2) is 0 Å². The van der Waals surface area contributed by atoms with Gasteiger partial charge in [0.15, 0.2) is 0 Å². The summed E-state index contributed by atoms with van der Waals surface area (Å²) < 4.78 is 26.2. The fourth-order valence-electron chi connectivity index (χ4n) is 4.66. The number of unbranched alkanes of at least 4 members (excludes halogenated alkanes) is 6. The predicted molar refractivity (Wildman–Crippen MR) is 129 cm³/mol. The molecule has 0 saturated carbocycles. The van der Waals surface area contributed by atoms with Crippen molar-refractivity contribution in [2.75, 3.05) is 52.5 Å².